The largest absolute Gasteiger partial charge is 0.462 e. The van der Waals surface area contributed by atoms with Crippen molar-refractivity contribution in [2.24, 2.45) is 0 Å². The highest BCUT2D eigenvalue weighted by atomic mass is 16.6. The lowest BCUT2D eigenvalue weighted by Gasteiger charge is -2.18. The Morgan fingerprint density at radius 1 is 0.344 bits per heavy atom. The molecule has 0 aromatic carbocycles. The van der Waals surface area contributed by atoms with Crippen LogP contribution in [0.3, 0.4) is 0 Å². The molecule has 0 aromatic heterocycles. The highest BCUT2D eigenvalue weighted by Crippen LogP contribution is 2.16. The average Bonchev–Trinajstić information content (AvgIpc) is 3.26. The van der Waals surface area contributed by atoms with Gasteiger partial charge in [-0.05, 0) is 51.4 Å². The van der Waals surface area contributed by atoms with E-state index in [4.69, 9.17) is 14.2 Å². The Hall–Kier alpha value is -2.37. The van der Waals surface area contributed by atoms with Crippen molar-refractivity contribution in [3.63, 3.8) is 0 Å². The Labute approximate surface area is 378 Å². The summed E-state index contributed by atoms with van der Waals surface area (Å²) in [4.78, 5) is 38.0. The smallest absolute Gasteiger partial charge is 0.306 e. The predicted octanol–water partition coefficient (Wildman–Crippen LogP) is 17.3. The molecule has 6 nitrogen and oxygen atoms in total. The molecule has 0 radical (unpaired) electrons. The van der Waals surface area contributed by atoms with Gasteiger partial charge in [0, 0.05) is 19.3 Å². The van der Waals surface area contributed by atoms with Crippen LogP contribution in [0.25, 0.3) is 0 Å². The zero-order valence-electron chi connectivity index (χ0n) is 40.7. The van der Waals surface area contributed by atoms with Gasteiger partial charge in [-0.2, -0.15) is 0 Å². The molecule has 6 heteroatoms. The quantitative estimate of drug-likeness (QED) is 0.0262. The van der Waals surface area contributed by atoms with Crippen LogP contribution in [0.15, 0.2) is 36.5 Å². The molecular weight excluding hydrogens is 757 g/mol. The first kappa shape index (κ1) is 58.6. The second-order valence-electron chi connectivity index (χ2n) is 17.8. The van der Waals surface area contributed by atoms with Crippen LogP contribution >= 0.6 is 0 Å². The summed E-state index contributed by atoms with van der Waals surface area (Å²) >= 11 is 0. The first-order valence-electron chi connectivity index (χ1n) is 26.5. The van der Waals surface area contributed by atoms with Gasteiger partial charge in [0.2, 0.25) is 0 Å². The van der Waals surface area contributed by atoms with Crippen LogP contribution in [0.1, 0.15) is 278 Å². The molecule has 0 aliphatic heterocycles. The molecule has 356 valence electrons. The first-order valence-corrected chi connectivity index (χ1v) is 26.5. The fraction of sp³-hybridized carbons (Fsp3) is 0.836. The third-order valence-electron chi connectivity index (χ3n) is 11.7. The van der Waals surface area contributed by atoms with E-state index >= 15 is 0 Å². The monoisotopic (exact) mass is 857 g/mol. The van der Waals surface area contributed by atoms with Gasteiger partial charge in [0.05, 0.1) is 0 Å². The summed E-state index contributed by atoms with van der Waals surface area (Å²) in [5.41, 5.74) is 0. The van der Waals surface area contributed by atoms with Crippen molar-refractivity contribution < 1.29 is 28.6 Å². The lowest BCUT2D eigenvalue weighted by atomic mass is 10.0. The van der Waals surface area contributed by atoms with Crippen molar-refractivity contribution in [2.75, 3.05) is 13.2 Å². The van der Waals surface area contributed by atoms with Crippen molar-refractivity contribution in [1.29, 1.82) is 0 Å². The van der Waals surface area contributed by atoms with Gasteiger partial charge in [0.1, 0.15) is 13.2 Å². The molecule has 0 aromatic rings. The second kappa shape index (κ2) is 50.3. The van der Waals surface area contributed by atoms with Crippen LogP contribution in [0.2, 0.25) is 0 Å². The van der Waals surface area contributed by atoms with E-state index in [0.29, 0.717) is 19.3 Å². The molecule has 0 aliphatic carbocycles. The minimum absolute atomic E-state index is 0.0692. The van der Waals surface area contributed by atoms with Gasteiger partial charge in [0.15, 0.2) is 6.10 Å². The van der Waals surface area contributed by atoms with Gasteiger partial charge in [-0.25, -0.2) is 0 Å². The fourth-order valence-corrected chi connectivity index (χ4v) is 7.69. The van der Waals surface area contributed by atoms with E-state index in [0.717, 1.165) is 77.0 Å². The number of unbranched alkanes of at least 4 members (excludes halogenated alkanes) is 31. The van der Waals surface area contributed by atoms with Gasteiger partial charge < -0.3 is 14.2 Å². The van der Waals surface area contributed by atoms with E-state index in [1.807, 2.05) is 0 Å². The minimum atomic E-state index is -0.768. The molecule has 0 saturated heterocycles. The van der Waals surface area contributed by atoms with Gasteiger partial charge >= 0.3 is 17.9 Å². The molecule has 0 aliphatic rings. The van der Waals surface area contributed by atoms with E-state index in [2.05, 4.69) is 57.2 Å². The van der Waals surface area contributed by atoms with E-state index in [9.17, 15) is 14.4 Å². The van der Waals surface area contributed by atoms with Gasteiger partial charge in [-0.1, -0.05) is 243 Å². The molecule has 1 atom stereocenters. The summed E-state index contributed by atoms with van der Waals surface area (Å²) in [5, 5.41) is 0. The van der Waals surface area contributed by atoms with Crippen LogP contribution in [-0.2, 0) is 28.6 Å². The third-order valence-corrected chi connectivity index (χ3v) is 11.7. The van der Waals surface area contributed by atoms with Crippen LogP contribution in [0, 0.1) is 0 Å². The highest BCUT2D eigenvalue weighted by molar-refractivity contribution is 5.71. The summed E-state index contributed by atoms with van der Waals surface area (Å²) in [7, 11) is 0. The van der Waals surface area contributed by atoms with Gasteiger partial charge in [0.25, 0.3) is 0 Å². The Balaban J connectivity index is 4.30. The Morgan fingerprint density at radius 2 is 0.639 bits per heavy atom. The lowest BCUT2D eigenvalue weighted by Crippen LogP contribution is -2.30. The molecule has 1 unspecified atom stereocenters. The molecular formula is C55H100O6. The fourth-order valence-electron chi connectivity index (χ4n) is 7.69. The standard InChI is InChI=1S/C55H100O6/c1-4-7-10-13-16-19-22-24-25-26-27-28-29-31-33-36-39-42-45-48-54(57)60-51-52(50-59-53(56)47-44-41-38-35-32-21-18-15-12-9-6-3)61-55(58)49-46-43-40-37-34-30-23-20-17-14-11-8-5-2/h7,10,16,19,24-25,52H,4-6,8-9,11-15,17-18,20-23,26-51H2,1-3H3/b10-7-,19-16-,25-24-. The highest BCUT2D eigenvalue weighted by Gasteiger charge is 2.19. The molecule has 0 saturated carbocycles. The van der Waals surface area contributed by atoms with E-state index in [1.165, 1.54) is 161 Å². The van der Waals surface area contributed by atoms with Crippen molar-refractivity contribution in [3.8, 4) is 0 Å². The topological polar surface area (TPSA) is 78.9 Å². The van der Waals surface area contributed by atoms with Crippen molar-refractivity contribution in [1.82, 2.24) is 0 Å². The Bertz CT molecular complexity index is 1030. The zero-order chi connectivity index (χ0) is 44.4. The molecule has 0 spiro atoms. The molecule has 0 N–H and O–H groups in total. The number of allylic oxidation sites excluding steroid dienone is 6. The molecule has 0 heterocycles. The summed E-state index contributed by atoms with van der Waals surface area (Å²) < 4.78 is 16.8. The van der Waals surface area contributed by atoms with E-state index < -0.39 is 6.10 Å². The number of hydrogen-bond acceptors (Lipinski definition) is 6. The lowest BCUT2D eigenvalue weighted by molar-refractivity contribution is -0.167. The van der Waals surface area contributed by atoms with Gasteiger partial charge in [-0.15, -0.1) is 0 Å². The number of carbonyl (C=O) groups excluding carboxylic acids is 3. The molecule has 61 heavy (non-hydrogen) atoms. The Morgan fingerprint density at radius 3 is 1.00 bits per heavy atom. The van der Waals surface area contributed by atoms with Crippen LogP contribution < -0.4 is 0 Å². The minimum Gasteiger partial charge on any atom is -0.462 e. The van der Waals surface area contributed by atoms with Crippen molar-refractivity contribution in [3.05, 3.63) is 36.5 Å². The zero-order valence-corrected chi connectivity index (χ0v) is 40.7. The van der Waals surface area contributed by atoms with Crippen molar-refractivity contribution in [2.45, 2.75) is 284 Å². The SMILES string of the molecule is CC/C=C\C/C=C\C/C=C\CCCCCCCCCCCC(=O)OCC(COC(=O)CCCCCCCCCCCCC)OC(=O)CCCCCCCCCCCCCCC. The maximum absolute atomic E-state index is 12.8. The van der Waals surface area contributed by atoms with Crippen LogP contribution in [-0.4, -0.2) is 37.2 Å². The first-order chi connectivity index (χ1) is 30.0. The van der Waals surface area contributed by atoms with Crippen LogP contribution in [0.5, 0.6) is 0 Å². The summed E-state index contributed by atoms with van der Waals surface area (Å²) in [5.74, 6) is -0.863. The van der Waals surface area contributed by atoms with E-state index in [-0.39, 0.29) is 31.1 Å². The predicted molar refractivity (Wildman–Crippen MR) is 261 cm³/mol. The van der Waals surface area contributed by atoms with E-state index in [1.54, 1.807) is 0 Å². The maximum atomic E-state index is 12.8. The normalized spacial score (nSPS) is 12.2. The molecule has 0 bridgehead atoms. The van der Waals surface area contributed by atoms with Gasteiger partial charge in [-0.3, -0.25) is 14.4 Å². The number of esters is 3. The summed E-state index contributed by atoms with van der Waals surface area (Å²) in [6.07, 6.45) is 58.4. The number of ether oxygens (including phenoxy) is 3. The molecule has 0 amide bonds. The Kier molecular flexibility index (Phi) is 48.3. The number of rotatable bonds is 48. The third kappa shape index (κ3) is 48.5. The van der Waals surface area contributed by atoms with Crippen molar-refractivity contribution >= 4 is 17.9 Å². The number of hydrogen-bond donors (Lipinski definition) is 0. The maximum Gasteiger partial charge on any atom is 0.306 e. The number of carbonyl (C=O) groups is 3. The van der Waals surface area contributed by atoms with Crippen LogP contribution in [0.4, 0.5) is 0 Å². The summed E-state index contributed by atoms with van der Waals surface area (Å²) in [6, 6.07) is 0. The molecule has 0 fully saturated rings. The second-order valence-corrected chi connectivity index (χ2v) is 17.8. The average molecular weight is 857 g/mol. The molecule has 0 rings (SSSR count). The summed E-state index contributed by atoms with van der Waals surface area (Å²) in [6.45, 7) is 6.54.